The average Bonchev–Trinajstić information content (AvgIpc) is 2.96. The second-order valence-electron chi connectivity index (χ2n) is 5.09. The molecule has 0 fully saturated rings. The molecule has 1 aliphatic heterocycles. The Hall–Kier alpha value is -2.20. The standard InChI is InChI=1S/C17H16ClNO3/c1-21-14-5-3-2-4-11(14)10-19-17(20)16-9-12-8-13(18)6-7-15(12)22-16/h2-8,16H,9-10H2,1H3,(H,19,20). The van der Waals surface area contributed by atoms with Gasteiger partial charge in [-0.2, -0.15) is 0 Å². The smallest absolute Gasteiger partial charge is 0.261 e. The summed E-state index contributed by atoms with van der Waals surface area (Å²) in [5.41, 5.74) is 1.89. The molecular weight excluding hydrogens is 302 g/mol. The van der Waals surface area contributed by atoms with Crippen molar-refractivity contribution in [1.82, 2.24) is 5.32 Å². The summed E-state index contributed by atoms with van der Waals surface area (Å²) in [6.45, 7) is 0.403. The number of rotatable bonds is 4. The van der Waals surface area contributed by atoms with Gasteiger partial charge in [0.1, 0.15) is 11.5 Å². The fourth-order valence-electron chi connectivity index (χ4n) is 2.51. The van der Waals surface area contributed by atoms with Crippen molar-refractivity contribution >= 4 is 17.5 Å². The summed E-state index contributed by atoms with van der Waals surface area (Å²) in [5.74, 6) is 1.34. The minimum Gasteiger partial charge on any atom is -0.496 e. The fraction of sp³-hybridized carbons (Fsp3) is 0.235. The molecule has 5 heteroatoms. The van der Waals surface area contributed by atoms with Gasteiger partial charge in [-0.1, -0.05) is 29.8 Å². The fourth-order valence-corrected chi connectivity index (χ4v) is 2.70. The Kier molecular flexibility index (Phi) is 4.20. The molecule has 0 aliphatic carbocycles. The maximum Gasteiger partial charge on any atom is 0.261 e. The number of halogens is 1. The molecule has 1 aliphatic rings. The predicted octanol–water partition coefficient (Wildman–Crippen LogP) is 2.97. The van der Waals surface area contributed by atoms with E-state index in [1.807, 2.05) is 30.3 Å². The number of nitrogens with one attached hydrogen (secondary N) is 1. The molecule has 1 heterocycles. The first kappa shape index (κ1) is 14.7. The lowest BCUT2D eigenvalue weighted by Crippen LogP contribution is -2.37. The van der Waals surface area contributed by atoms with Crippen LogP contribution in [0.4, 0.5) is 0 Å². The van der Waals surface area contributed by atoms with Gasteiger partial charge >= 0.3 is 0 Å². The van der Waals surface area contributed by atoms with Crippen molar-refractivity contribution in [3.63, 3.8) is 0 Å². The zero-order valence-corrected chi connectivity index (χ0v) is 12.9. The van der Waals surface area contributed by atoms with E-state index in [9.17, 15) is 4.79 Å². The highest BCUT2D eigenvalue weighted by Gasteiger charge is 2.29. The number of hydrogen-bond acceptors (Lipinski definition) is 3. The van der Waals surface area contributed by atoms with E-state index in [0.29, 0.717) is 18.0 Å². The number of benzene rings is 2. The largest absolute Gasteiger partial charge is 0.496 e. The lowest BCUT2D eigenvalue weighted by Gasteiger charge is -2.13. The molecule has 1 N–H and O–H groups in total. The molecular formula is C17H16ClNO3. The van der Waals surface area contributed by atoms with E-state index in [4.69, 9.17) is 21.1 Å². The number of hydrogen-bond donors (Lipinski definition) is 1. The van der Waals surface area contributed by atoms with Crippen LogP contribution in [0.5, 0.6) is 11.5 Å². The maximum absolute atomic E-state index is 12.3. The summed E-state index contributed by atoms with van der Waals surface area (Å²) in [7, 11) is 1.61. The van der Waals surface area contributed by atoms with Crippen LogP contribution in [0.25, 0.3) is 0 Å². The van der Waals surface area contributed by atoms with Crippen LogP contribution in [-0.4, -0.2) is 19.1 Å². The number of carbonyl (C=O) groups is 1. The molecule has 4 nitrogen and oxygen atoms in total. The molecule has 1 unspecified atom stereocenters. The Morgan fingerprint density at radius 3 is 3.00 bits per heavy atom. The van der Waals surface area contributed by atoms with E-state index in [1.165, 1.54) is 0 Å². The van der Waals surface area contributed by atoms with Crippen molar-refractivity contribution in [2.45, 2.75) is 19.1 Å². The third-order valence-corrected chi connectivity index (χ3v) is 3.87. The van der Waals surface area contributed by atoms with Gasteiger partial charge in [0.15, 0.2) is 6.10 Å². The molecule has 3 rings (SSSR count). The van der Waals surface area contributed by atoms with E-state index in [1.54, 1.807) is 19.2 Å². The van der Waals surface area contributed by atoms with Crippen molar-refractivity contribution in [3.05, 3.63) is 58.6 Å². The van der Waals surface area contributed by atoms with E-state index in [2.05, 4.69) is 5.32 Å². The van der Waals surface area contributed by atoms with E-state index < -0.39 is 6.10 Å². The third-order valence-electron chi connectivity index (χ3n) is 3.64. The normalized spacial score (nSPS) is 15.8. The topological polar surface area (TPSA) is 47.6 Å². The zero-order chi connectivity index (χ0) is 15.5. The zero-order valence-electron chi connectivity index (χ0n) is 12.1. The van der Waals surface area contributed by atoms with E-state index in [-0.39, 0.29) is 5.91 Å². The number of fused-ring (bicyclic) bond motifs is 1. The van der Waals surface area contributed by atoms with Gasteiger partial charge in [-0.3, -0.25) is 4.79 Å². The van der Waals surface area contributed by atoms with Crippen LogP contribution in [0.15, 0.2) is 42.5 Å². The first-order valence-corrected chi connectivity index (χ1v) is 7.40. The number of ether oxygens (including phenoxy) is 2. The monoisotopic (exact) mass is 317 g/mol. The Bertz CT molecular complexity index is 702. The number of carbonyl (C=O) groups excluding carboxylic acids is 1. The third kappa shape index (κ3) is 3.02. The Labute approximate surface area is 134 Å². The first-order valence-electron chi connectivity index (χ1n) is 7.02. The van der Waals surface area contributed by atoms with Crippen LogP contribution in [0.3, 0.4) is 0 Å². The van der Waals surface area contributed by atoms with Gasteiger partial charge in [0.2, 0.25) is 0 Å². The highest BCUT2D eigenvalue weighted by molar-refractivity contribution is 6.30. The SMILES string of the molecule is COc1ccccc1CNC(=O)C1Cc2cc(Cl)ccc2O1. The van der Waals surface area contributed by atoms with Crippen LogP contribution >= 0.6 is 11.6 Å². The van der Waals surface area contributed by atoms with Gasteiger partial charge in [-0.15, -0.1) is 0 Å². The number of amides is 1. The highest BCUT2D eigenvalue weighted by Crippen LogP contribution is 2.31. The van der Waals surface area contributed by atoms with Crippen molar-refractivity contribution in [1.29, 1.82) is 0 Å². The molecule has 114 valence electrons. The Balaban J connectivity index is 1.62. The van der Waals surface area contributed by atoms with Gasteiger partial charge in [0, 0.05) is 23.6 Å². The van der Waals surface area contributed by atoms with Gasteiger partial charge in [0.05, 0.1) is 7.11 Å². The number of methoxy groups -OCH3 is 1. The summed E-state index contributed by atoms with van der Waals surface area (Å²) < 4.78 is 10.9. The van der Waals surface area contributed by atoms with Crippen LogP contribution in [0.2, 0.25) is 5.02 Å². The van der Waals surface area contributed by atoms with E-state index in [0.717, 1.165) is 22.6 Å². The second kappa shape index (κ2) is 6.28. The molecule has 0 aromatic heterocycles. The van der Waals surface area contributed by atoms with Crippen molar-refractivity contribution in [2.24, 2.45) is 0 Å². The molecule has 1 atom stereocenters. The molecule has 0 spiro atoms. The second-order valence-corrected chi connectivity index (χ2v) is 5.53. The van der Waals surface area contributed by atoms with Gasteiger partial charge in [-0.05, 0) is 29.8 Å². The highest BCUT2D eigenvalue weighted by atomic mass is 35.5. The molecule has 22 heavy (non-hydrogen) atoms. The molecule has 0 radical (unpaired) electrons. The van der Waals surface area contributed by atoms with Gasteiger partial charge in [0.25, 0.3) is 5.91 Å². The van der Waals surface area contributed by atoms with Crippen LogP contribution in [0, 0.1) is 0 Å². The predicted molar refractivity (Wildman–Crippen MR) is 84.4 cm³/mol. The minimum atomic E-state index is -0.511. The lowest BCUT2D eigenvalue weighted by atomic mass is 10.1. The van der Waals surface area contributed by atoms with Crippen molar-refractivity contribution in [3.8, 4) is 11.5 Å². The molecule has 0 saturated heterocycles. The van der Waals surface area contributed by atoms with Crippen molar-refractivity contribution in [2.75, 3.05) is 7.11 Å². The van der Waals surface area contributed by atoms with Crippen LogP contribution in [-0.2, 0) is 17.8 Å². The van der Waals surface area contributed by atoms with Crippen molar-refractivity contribution < 1.29 is 14.3 Å². The summed E-state index contributed by atoms with van der Waals surface area (Å²) in [4.78, 5) is 12.3. The average molecular weight is 318 g/mol. The first-order chi connectivity index (χ1) is 10.7. The lowest BCUT2D eigenvalue weighted by molar-refractivity contribution is -0.127. The quantitative estimate of drug-likeness (QED) is 0.943. The van der Waals surface area contributed by atoms with Gasteiger partial charge < -0.3 is 14.8 Å². The molecule has 0 saturated carbocycles. The van der Waals surface area contributed by atoms with Gasteiger partial charge in [-0.25, -0.2) is 0 Å². The summed E-state index contributed by atoms with van der Waals surface area (Å²) in [6, 6.07) is 13.0. The Morgan fingerprint density at radius 1 is 1.36 bits per heavy atom. The Morgan fingerprint density at radius 2 is 2.18 bits per heavy atom. The van der Waals surface area contributed by atoms with Crippen LogP contribution in [0.1, 0.15) is 11.1 Å². The maximum atomic E-state index is 12.3. The molecule has 0 bridgehead atoms. The van der Waals surface area contributed by atoms with E-state index >= 15 is 0 Å². The van der Waals surface area contributed by atoms with Crippen LogP contribution < -0.4 is 14.8 Å². The minimum absolute atomic E-state index is 0.141. The summed E-state index contributed by atoms with van der Waals surface area (Å²) in [5, 5.41) is 3.54. The molecule has 2 aromatic carbocycles. The number of para-hydroxylation sites is 1. The summed E-state index contributed by atoms with van der Waals surface area (Å²) >= 11 is 5.96. The molecule has 2 aromatic rings. The molecule has 1 amide bonds. The summed E-state index contributed by atoms with van der Waals surface area (Å²) in [6.07, 6.45) is 0.0244.